The lowest BCUT2D eigenvalue weighted by Gasteiger charge is -2.02. The maximum Gasteiger partial charge on any atom is 0.303 e. The second kappa shape index (κ2) is 19.3. The minimum Gasteiger partial charge on any atom is -0.481 e. The normalized spacial score (nSPS) is 10.2. The number of hydrogen-bond donors (Lipinski definition) is 1. The SMILES string of the molecule is O=C(CCCCC(=O)Sc1ccccc1)Sc1ccccc1.O=C(O)CCCCC(=O)Sc1ccccc1. The number of unbranched alkanes of at least 4 members (excludes halogenated alkanes) is 2. The van der Waals surface area contributed by atoms with Gasteiger partial charge < -0.3 is 5.11 Å². The maximum atomic E-state index is 11.8. The molecule has 0 amide bonds. The van der Waals surface area contributed by atoms with Gasteiger partial charge >= 0.3 is 5.97 Å². The highest BCUT2D eigenvalue weighted by Crippen LogP contribution is 2.23. The average Bonchev–Trinajstić information content (AvgIpc) is 2.91. The van der Waals surface area contributed by atoms with E-state index < -0.39 is 5.97 Å². The van der Waals surface area contributed by atoms with Crippen molar-refractivity contribution in [3.63, 3.8) is 0 Å². The maximum absolute atomic E-state index is 11.8. The fraction of sp³-hybridized carbons (Fsp3) is 0.267. The zero-order chi connectivity index (χ0) is 27.4. The molecule has 0 aliphatic rings. The number of aliphatic carboxylic acids is 1. The Labute approximate surface area is 237 Å². The molecule has 0 saturated heterocycles. The lowest BCUT2D eigenvalue weighted by atomic mass is 10.2. The zero-order valence-electron chi connectivity index (χ0n) is 21.1. The van der Waals surface area contributed by atoms with Gasteiger partial charge in [-0.05, 0) is 62.1 Å². The van der Waals surface area contributed by atoms with E-state index in [9.17, 15) is 19.2 Å². The van der Waals surface area contributed by atoms with E-state index in [2.05, 4.69) is 0 Å². The van der Waals surface area contributed by atoms with Crippen molar-refractivity contribution >= 4 is 56.6 Å². The Morgan fingerprint density at radius 1 is 0.447 bits per heavy atom. The third-order valence-electron chi connectivity index (χ3n) is 4.96. The summed E-state index contributed by atoms with van der Waals surface area (Å²) >= 11 is 3.77. The lowest BCUT2D eigenvalue weighted by molar-refractivity contribution is -0.137. The molecule has 200 valence electrons. The van der Waals surface area contributed by atoms with Crippen LogP contribution in [0.2, 0.25) is 0 Å². The average molecular weight is 569 g/mol. The van der Waals surface area contributed by atoms with Gasteiger partial charge in [-0.15, -0.1) is 0 Å². The zero-order valence-corrected chi connectivity index (χ0v) is 23.6. The standard InChI is InChI=1S/C18H18O2S2.C12H14O3S/c19-17(21-15-9-3-1-4-10-15)13-7-8-14-18(20)22-16-11-5-2-6-12-16;13-11(14)8-4-5-9-12(15)16-10-6-2-1-3-7-10/h1-6,9-12H,7-8,13-14H2;1-3,6-7H,4-5,8-9H2,(H,13,14). The molecule has 0 bridgehead atoms. The van der Waals surface area contributed by atoms with E-state index in [-0.39, 0.29) is 21.8 Å². The van der Waals surface area contributed by atoms with E-state index in [4.69, 9.17) is 5.11 Å². The first-order valence-corrected chi connectivity index (χ1v) is 14.9. The van der Waals surface area contributed by atoms with Gasteiger partial charge in [0.1, 0.15) is 0 Å². The fourth-order valence-electron chi connectivity index (χ4n) is 3.10. The molecule has 1 N–H and O–H groups in total. The van der Waals surface area contributed by atoms with E-state index in [1.807, 2.05) is 91.0 Å². The van der Waals surface area contributed by atoms with Crippen molar-refractivity contribution in [3.8, 4) is 0 Å². The molecule has 5 nitrogen and oxygen atoms in total. The van der Waals surface area contributed by atoms with Gasteiger partial charge in [0.2, 0.25) is 0 Å². The van der Waals surface area contributed by atoms with Crippen LogP contribution in [0.4, 0.5) is 0 Å². The minimum absolute atomic E-state index is 0.0941. The molecule has 0 saturated carbocycles. The molecule has 0 fully saturated rings. The van der Waals surface area contributed by atoms with Crippen LogP contribution in [0, 0.1) is 0 Å². The molecule has 38 heavy (non-hydrogen) atoms. The summed E-state index contributed by atoms with van der Waals surface area (Å²) < 4.78 is 0. The number of benzene rings is 3. The van der Waals surface area contributed by atoms with Crippen molar-refractivity contribution < 1.29 is 24.3 Å². The summed E-state index contributed by atoms with van der Waals surface area (Å²) in [7, 11) is 0. The number of carbonyl (C=O) groups is 4. The van der Waals surface area contributed by atoms with Gasteiger partial charge in [-0.25, -0.2) is 0 Å². The van der Waals surface area contributed by atoms with Crippen molar-refractivity contribution in [2.24, 2.45) is 0 Å². The Bertz CT molecular complexity index is 1070. The molecule has 3 rings (SSSR count). The van der Waals surface area contributed by atoms with Gasteiger partial charge in [0, 0.05) is 40.4 Å². The second-order valence-electron chi connectivity index (χ2n) is 8.17. The first kappa shape index (κ1) is 31.4. The quantitative estimate of drug-likeness (QED) is 0.163. The predicted molar refractivity (Wildman–Crippen MR) is 156 cm³/mol. The predicted octanol–water partition coefficient (Wildman–Crippen LogP) is 8.13. The van der Waals surface area contributed by atoms with E-state index >= 15 is 0 Å². The largest absolute Gasteiger partial charge is 0.481 e. The summed E-state index contributed by atoms with van der Waals surface area (Å²) in [5, 5.41) is 8.84. The van der Waals surface area contributed by atoms with Crippen molar-refractivity contribution in [2.75, 3.05) is 0 Å². The van der Waals surface area contributed by atoms with Crippen LogP contribution in [0.1, 0.15) is 51.4 Å². The van der Waals surface area contributed by atoms with Crippen LogP contribution in [0.5, 0.6) is 0 Å². The summed E-state index contributed by atoms with van der Waals surface area (Å²) in [6, 6.07) is 28.8. The second-order valence-corrected chi connectivity index (χ2v) is 11.6. The Morgan fingerprint density at radius 3 is 0.974 bits per heavy atom. The topological polar surface area (TPSA) is 88.5 Å². The Balaban J connectivity index is 0.000000281. The first-order valence-electron chi connectivity index (χ1n) is 12.4. The van der Waals surface area contributed by atoms with E-state index in [0.29, 0.717) is 32.1 Å². The molecule has 0 atom stereocenters. The Morgan fingerprint density at radius 2 is 0.711 bits per heavy atom. The molecule has 3 aromatic rings. The van der Waals surface area contributed by atoms with Crippen LogP contribution in [0.15, 0.2) is 106 Å². The van der Waals surface area contributed by atoms with Crippen LogP contribution in [0.25, 0.3) is 0 Å². The molecular formula is C30H32O5S3. The highest BCUT2D eigenvalue weighted by Gasteiger charge is 2.08. The van der Waals surface area contributed by atoms with E-state index in [0.717, 1.165) is 27.5 Å². The summed E-state index contributed by atoms with van der Waals surface area (Å²) in [6.07, 6.45) is 4.35. The number of hydrogen-bond acceptors (Lipinski definition) is 7. The number of rotatable bonds is 13. The number of thioether (sulfide) groups is 3. The van der Waals surface area contributed by atoms with Gasteiger partial charge in [-0.2, -0.15) is 0 Å². The highest BCUT2D eigenvalue weighted by atomic mass is 32.2. The van der Waals surface area contributed by atoms with E-state index in [1.165, 1.54) is 35.3 Å². The van der Waals surface area contributed by atoms with Gasteiger partial charge in [-0.1, -0.05) is 89.9 Å². The van der Waals surface area contributed by atoms with Gasteiger partial charge in [-0.3, -0.25) is 19.2 Å². The number of carboxylic acid groups (broad SMARTS) is 1. The summed E-state index contributed by atoms with van der Waals surface area (Å²) in [5.74, 6) is -0.803. The van der Waals surface area contributed by atoms with Gasteiger partial charge in [0.05, 0.1) is 0 Å². The van der Waals surface area contributed by atoms with Crippen molar-refractivity contribution in [1.29, 1.82) is 0 Å². The lowest BCUT2D eigenvalue weighted by Crippen LogP contribution is -1.96. The van der Waals surface area contributed by atoms with Crippen LogP contribution >= 0.6 is 35.3 Å². The summed E-state index contributed by atoms with van der Waals surface area (Å²) in [4.78, 5) is 48.2. The third-order valence-corrected chi connectivity index (χ3v) is 7.78. The molecule has 0 unspecified atom stereocenters. The Hall–Kier alpha value is -2.81. The molecule has 8 heteroatoms. The summed E-state index contributed by atoms with van der Waals surface area (Å²) in [5.41, 5.74) is 0. The van der Waals surface area contributed by atoms with Crippen LogP contribution in [-0.4, -0.2) is 26.4 Å². The molecule has 0 radical (unpaired) electrons. The monoisotopic (exact) mass is 568 g/mol. The molecule has 0 spiro atoms. The van der Waals surface area contributed by atoms with Gasteiger partial charge in [0.15, 0.2) is 15.3 Å². The van der Waals surface area contributed by atoms with E-state index in [1.54, 1.807) is 0 Å². The number of carbonyl (C=O) groups excluding carboxylic acids is 3. The smallest absolute Gasteiger partial charge is 0.303 e. The molecule has 0 heterocycles. The molecule has 0 aliphatic carbocycles. The number of carboxylic acids is 1. The summed E-state index contributed by atoms with van der Waals surface area (Å²) in [6.45, 7) is 0. The molecule has 0 aromatic heterocycles. The fourth-order valence-corrected chi connectivity index (χ4v) is 5.50. The van der Waals surface area contributed by atoms with Crippen molar-refractivity contribution in [2.45, 2.75) is 66.1 Å². The molecule has 0 aliphatic heterocycles. The third kappa shape index (κ3) is 15.4. The minimum atomic E-state index is -0.803. The van der Waals surface area contributed by atoms with Gasteiger partial charge in [0.25, 0.3) is 0 Å². The van der Waals surface area contributed by atoms with Crippen LogP contribution in [0.3, 0.4) is 0 Å². The molecule has 3 aromatic carbocycles. The first-order chi connectivity index (χ1) is 18.4. The molecular weight excluding hydrogens is 537 g/mol. The highest BCUT2D eigenvalue weighted by molar-refractivity contribution is 8.14. The van der Waals surface area contributed by atoms with Crippen molar-refractivity contribution in [1.82, 2.24) is 0 Å². The Kier molecular flexibility index (Phi) is 15.9. The van der Waals surface area contributed by atoms with Crippen LogP contribution in [-0.2, 0) is 19.2 Å². The van der Waals surface area contributed by atoms with Crippen LogP contribution < -0.4 is 0 Å². The van der Waals surface area contributed by atoms with Crippen molar-refractivity contribution in [3.05, 3.63) is 91.0 Å².